The second-order valence-corrected chi connectivity index (χ2v) is 5.33. The Hall–Kier alpha value is -1.10. The summed E-state index contributed by atoms with van der Waals surface area (Å²) in [5, 5.41) is 13.4. The van der Waals surface area contributed by atoms with Gasteiger partial charge in [0.25, 0.3) is 0 Å². The van der Waals surface area contributed by atoms with Crippen molar-refractivity contribution < 1.29 is 14.6 Å². The third kappa shape index (κ3) is 3.93. The molecule has 1 aliphatic heterocycles. The molecule has 1 fully saturated rings. The molecule has 106 valence electrons. The van der Waals surface area contributed by atoms with Crippen LogP contribution in [0.1, 0.15) is 31.4 Å². The number of aliphatic hydroxyl groups excluding tert-OH is 1. The minimum absolute atomic E-state index is 0.0753. The number of rotatable bonds is 6. The van der Waals surface area contributed by atoms with Crippen LogP contribution in [0.5, 0.6) is 5.75 Å². The fourth-order valence-electron chi connectivity index (χ4n) is 2.42. The van der Waals surface area contributed by atoms with Crippen molar-refractivity contribution in [2.45, 2.75) is 31.5 Å². The van der Waals surface area contributed by atoms with E-state index in [4.69, 9.17) is 9.47 Å². The molecule has 4 heteroatoms. The van der Waals surface area contributed by atoms with Crippen LogP contribution in [-0.4, -0.2) is 37.5 Å². The van der Waals surface area contributed by atoms with Gasteiger partial charge in [0.15, 0.2) is 0 Å². The normalized spacial score (nSPS) is 24.4. The molecule has 0 spiro atoms. The van der Waals surface area contributed by atoms with Crippen molar-refractivity contribution in [3.63, 3.8) is 0 Å². The van der Waals surface area contributed by atoms with Crippen molar-refractivity contribution in [1.82, 2.24) is 5.32 Å². The standard InChI is InChI=1S/C15H23NO3/c1-15(7-4-8-19-15)11-16-10-14(17)12-5-3-6-13(9-12)18-2/h3,5-6,9,14,16-17H,4,7-8,10-11H2,1-2H3. The van der Waals surface area contributed by atoms with Crippen molar-refractivity contribution in [2.24, 2.45) is 0 Å². The quantitative estimate of drug-likeness (QED) is 0.824. The molecule has 2 unspecified atom stereocenters. The van der Waals surface area contributed by atoms with Gasteiger partial charge in [-0.1, -0.05) is 12.1 Å². The number of aliphatic hydroxyl groups is 1. The number of hydrogen-bond donors (Lipinski definition) is 2. The Kier molecular flexibility index (Phi) is 4.80. The molecule has 0 amide bonds. The van der Waals surface area contributed by atoms with E-state index in [0.29, 0.717) is 6.54 Å². The first-order chi connectivity index (χ1) is 9.13. The lowest BCUT2D eigenvalue weighted by atomic mass is 10.0. The molecule has 1 aromatic rings. The van der Waals surface area contributed by atoms with E-state index in [1.54, 1.807) is 7.11 Å². The first-order valence-electron chi connectivity index (χ1n) is 6.80. The molecule has 1 heterocycles. The smallest absolute Gasteiger partial charge is 0.119 e. The molecule has 0 aliphatic carbocycles. The predicted octanol–water partition coefficient (Wildman–Crippen LogP) is 1.89. The van der Waals surface area contributed by atoms with E-state index in [2.05, 4.69) is 12.2 Å². The summed E-state index contributed by atoms with van der Waals surface area (Å²) < 4.78 is 10.9. The number of benzene rings is 1. The monoisotopic (exact) mass is 265 g/mol. The molecular formula is C15H23NO3. The maximum Gasteiger partial charge on any atom is 0.119 e. The van der Waals surface area contributed by atoms with Crippen molar-refractivity contribution in [3.8, 4) is 5.75 Å². The van der Waals surface area contributed by atoms with Gasteiger partial charge in [0.1, 0.15) is 5.75 Å². The van der Waals surface area contributed by atoms with Crippen molar-refractivity contribution in [1.29, 1.82) is 0 Å². The van der Waals surface area contributed by atoms with E-state index < -0.39 is 6.10 Å². The molecule has 1 aromatic carbocycles. The third-order valence-corrected chi connectivity index (χ3v) is 3.62. The van der Waals surface area contributed by atoms with Gasteiger partial charge < -0.3 is 19.9 Å². The van der Waals surface area contributed by atoms with Gasteiger partial charge in [0, 0.05) is 19.7 Å². The van der Waals surface area contributed by atoms with Gasteiger partial charge in [-0.3, -0.25) is 0 Å². The third-order valence-electron chi connectivity index (χ3n) is 3.62. The largest absolute Gasteiger partial charge is 0.497 e. The number of hydrogen-bond acceptors (Lipinski definition) is 4. The minimum atomic E-state index is -0.528. The van der Waals surface area contributed by atoms with Crippen LogP contribution in [0.4, 0.5) is 0 Å². The number of ether oxygens (including phenoxy) is 2. The second kappa shape index (κ2) is 6.37. The van der Waals surface area contributed by atoms with Gasteiger partial charge in [-0.05, 0) is 37.5 Å². The summed E-state index contributed by atoms with van der Waals surface area (Å²) in [7, 11) is 1.63. The van der Waals surface area contributed by atoms with E-state index in [1.807, 2.05) is 24.3 Å². The van der Waals surface area contributed by atoms with Gasteiger partial charge in [-0.15, -0.1) is 0 Å². The van der Waals surface area contributed by atoms with Crippen LogP contribution < -0.4 is 10.1 Å². The van der Waals surface area contributed by atoms with E-state index >= 15 is 0 Å². The highest BCUT2D eigenvalue weighted by Gasteiger charge is 2.29. The summed E-state index contributed by atoms with van der Waals surface area (Å²) in [6, 6.07) is 7.53. The lowest BCUT2D eigenvalue weighted by Crippen LogP contribution is -2.38. The van der Waals surface area contributed by atoms with Crippen molar-refractivity contribution in [2.75, 3.05) is 26.8 Å². The van der Waals surface area contributed by atoms with Crippen LogP contribution in [0.2, 0.25) is 0 Å². The fourth-order valence-corrected chi connectivity index (χ4v) is 2.42. The molecule has 0 bridgehead atoms. The SMILES string of the molecule is COc1cccc(C(O)CNCC2(C)CCCO2)c1. The summed E-state index contributed by atoms with van der Waals surface area (Å²) in [4.78, 5) is 0. The van der Waals surface area contributed by atoms with Crippen LogP contribution in [0.3, 0.4) is 0 Å². The first-order valence-corrected chi connectivity index (χ1v) is 6.80. The molecular weight excluding hydrogens is 242 g/mol. The highest BCUT2D eigenvalue weighted by atomic mass is 16.5. The number of methoxy groups -OCH3 is 1. The molecule has 0 saturated carbocycles. The molecule has 0 aromatic heterocycles. The summed E-state index contributed by atoms with van der Waals surface area (Å²) in [6.45, 7) is 4.25. The highest BCUT2D eigenvalue weighted by Crippen LogP contribution is 2.24. The zero-order valence-corrected chi connectivity index (χ0v) is 11.7. The van der Waals surface area contributed by atoms with Crippen LogP contribution in [-0.2, 0) is 4.74 Å². The molecule has 2 N–H and O–H groups in total. The molecule has 2 atom stereocenters. The minimum Gasteiger partial charge on any atom is -0.497 e. The van der Waals surface area contributed by atoms with Gasteiger partial charge in [0.05, 0.1) is 18.8 Å². The van der Waals surface area contributed by atoms with E-state index in [9.17, 15) is 5.11 Å². The molecule has 1 saturated heterocycles. The molecule has 19 heavy (non-hydrogen) atoms. The van der Waals surface area contributed by atoms with E-state index in [-0.39, 0.29) is 5.60 Å². The first kappa shape index (κ1) is 14.3. The second-order valence-electron chi connectivity index (χ2n) is 5.33. The molecule has 2 rings (SSSR count). The summed E-state index contributed by atoms with van der Waals surface area (Å²) >= 11 is 0. The molecule has 0 radical (unpaired) electrons. The molecule has 4 nitrogen and oxygen atoms in total. The Morgan fingerprint density at radius 2 is 2.37 bits per heavy atom. The Bertz CT molecular complexity index is 402. The van der Waals surface area contributed by atoms with Crippen LogP contribution >= 0.6 is 0 Å². The van der Waals surface area contributed by atoms with E-state index in [0.717, 1.165) is 37.3 Å². The lowest BCUT2D eigenvalue weighted by molar-refractivity contribution is 0.0185. The van der Waals surface area contributed by atoms with Gasteiger partial charge in [-0.25, -0.2) is 0 Å². The van der Waals surface area contributed by atoms with Gasteiger partial charge >= 0.3 is 0 Å². The lowest BCUT2D eigenvalue weighted by Gasteiger charge is -2.24. The summed E-state index contributed by atoms with van der Waals surface area (Å²) in [5.41, 5.74) is 0.790. The predicted molar refractivity (Wildman–Crippen MR) is 74.4 cm³/mol. The maximum absolute atomic E-state index is 10.1. The number of nitrogens with one attached hydrogen (secondary N) is 1. The van der Waals surface area contributed by atoms with Crippen molar-refractivity contribution in [3.05, 3.63) is 29.8 Å². The zero-order chi connectivity index (χ0) is 13.7. The maximum atomic E-state index is 10.1. The fraction of sp³-hybridized carbons (Fsp3) is 0.600. The summed E-state index contributed by atoms with van der Waals surface area (Å²) in [5.74, 6) is 0.766. The van der Waals surface area contributed by atoms with Crippen LogP contribution in [0, 0.1) is 0 Å². The summed E-state index contributed by atoms with van der Waals surface area (Å²) in [6.07, 6.45) is 1.67. The topological polar surface area (TPSA) is 50.7 Å². The van der Waals surface area contributed by atoms with Crippen LogP contribution in [0.25, 0.3) is 0 Å². The van der Waals surface area contributed by atoms with Gasteiger partial charge in [-0.2, -0.15) is 0 Å². The Morgan fingerprint density at radius 1 is 1.53 bits per heavy atom. The average molecular weight is 265 g/mol. The molecule has 1 aliphatic rings. The average Bonchev–Trinajstić information content (AvgIpc) is 2.85. The van der Waals surface area contributed by atoms with Gasteiger partial charge in [0.2, 0.25) is 0 Å². The zero-order valence-electron chi connectivity index (χ0n) is 11.7. The van der Waals surface area contributed by atoms with Crippen LogP contribution in [0.15, 0.2) is 24.3 Å². The Balaban J connectivity index is 1.81. The van der Waals surface area contributed by atoms with E-state index in [1.165, 1.54) is 0 Å². The van der Waals surface area contributed by atoms with Crippen molar-refractivity contribution >= 4 is 0 Å². The Labute approximate surface area is 114 Å². The highest BCUT2D eigenvalue weighted by molar-refractivity contribution is 5.29. The Morgan fingerprint density at radius 3 is 3.05 bits per heavy atom.